The Hall–Kier alpha value is -11.8. The molecule has 10 aliphatic rings. The average molecular weight is 1940 g/mol. The van der Waals surface area contributed by atoms with Gasteiger partial charge < -0.3 is 60.5 Å². The fraction of sp³-hybridized carbons (Fsp3) is 0.419. The highest BCUT2D eigenvalue weighted by Gasteiger charge is 2.51. The van der Waals surface area contributed by atoms with Crippen LogP contribution >= 0.6 is 62.3 Å². The van der Waals surface area contributed by atoms with Crippen molar-refractivity contribution in [3.8, 4) is 46.3 Å². The normalized spacial score (nSPS) is 17.5. The van der Waals surface area contributed by atoms with Crippen molar-refractivity contribution in [2.24, 2.45) is 0 Å². The summed E-state index contributed by atoms with van der Waals surface area (Å²) in [7, 11) is 3.24. The number of benzene rings is 2. The first-order chi connectivity index (χ1) is 62.8. The summed E-state index contributed by atoms with van der Waals surface area (Å²) in [5.74, 6) is 1.34. The topological polar surface area (TPSA) is 419 Å². The summed E-state index contributed by atoms with van der Waals surface area (Å²) in [6.45, 7) is 9.44. The van der Waals surface area contributed by atoms with Crippen molar-refractivity contribution in [2.75, 3.05) is 14.2 Å². The number of aromatic hydroxyl groups is 1. The van der Waals surface area contributed by atoms with Crippen LogP contribution in [0.15, 0.2) is 144 Å². The molecule has 5 aliphatic carbocycles. The quantitative estimate of drug-likeness (QED) is 0.0494. The lowest BCUT2D eigenvalue weighted by Crippen LogP contribution is -2.48. The molecule has 131 heavy (non-hydrogen) atoms. The van der Waals surface area contributed by atoms with Gasteiger partial charge in [-0.1, -0.05) is 68.0 Å². The summed E-state index contributed by atoms with van der Waals surface area (Å²) < 4.78 is 35.8. The first-order valence-electron chi connectivity index (χ1n) is 43.6. The number of carbonyl (C=O) groups is 5. The first-order valence-corrected chi connectivity index (χ1v) is 45.9. The molecule has 5 spiro atoms. The van der Waals surface area contributed by atoms with E-state index in [9.17, 15) is 53.1 Å². The number of pyridine rings is 5. The molecule has 5 fully saturated rings. The Balaban J connectivity index is 0.000000127. The third-order valence-corrected chi connectivity index (χ3v) is 26.6. The van der Waals surface area contributed by atoms with Crippen LogP contribution in [0.25, 0.3) is 0 Å². The molecule has 8 aromatic heterocycles. The van der Waals surface area contributed by atoms with Gasteiger partial charge >= 0.3 is 0 Å². The number of rotatable bonds is 10. The molecule has 33 nitrogen and oxygen atoms in total. The molecule has 5 aliphatic heterocycles. The van der Waals surface area contributed by atoms with E-state index in [0.717, 1.165) is 188 Å². The molecule has 7 N–H and O–H groups in total. The third kappa shape index (κ3) is 20.0. The van der Waals surface area contributed by atoms with Gasteiger partial charge in [0, 0.05) is 30.7 Å². The Kier molecular flexibility index (Phi) is 29.5. The maximum absolute atomic E-state index is 13.2. The maximum atomic E-state index is 13.2. The second-order valence-electron chi connectivity index (χ2n) is 34.0. The number of hydrogen-bond donors (Lipinski definition) is 7. The number of aryl methyl sites for hydroxylation is 5. The highest BCUT2D eigenvalue weighted by Crippen LogP contribution is 2.44. The number of amides is 5. The number of ether oxygens (including phenoxy) is 5. The molecular weight excluding hydrogens is 1830 g/mol. The Bertz CT molecular complexity index is 6060. The minimum absolute atomic E-state index is 0.0380. The van der Waals surface area contributed by atoms with Crippen LogP contribution in [0.2, 0.25) is 21.0 Å². The second kappa shape index (κ2) is 40.5. The highest BCUT2D eigenvalue weighted by atomic mass is 79.9. The van der Waals surface area contributed by atoms with Crippen molar-refractivity contribution in [2.45, 2.75) is 237 Å². The average Bonchev–Trinajstić information content (AvgIpc) is 1.60. The van der Waals surface area contributed by atoms with E-state index in [4.69, 9.17) is 75.2 Å². The van der Waals surface area contributed by atoms with Crippen molar-refractivity contribution in [1.29, 1.82) is 0 Å². The van der Waals surface area contributed by atoms with Gasteiger partial charge in [-0.15, -0.1) is 0 Å². The van der Waals surface area contributed by atoms with Crippen LogP contribution in [-0.4, -0.2) is 107 Å². The molecule has 0 radical (unpaired) electrons. The van der Waals surface area contributed by atoms with Crippen molar-refractivity contribution in [3.05, 3.63) is 260 Å². The zero-order chi connectivity index (χ0) is 93.4. The van der Waals surface area contributed by atoms with E-state index >= 15 is 0 Å². The van der Waals surface area contributed by atoms with E-state index in [1.807, 2.05) is 62.4 Å². The summed E-state index contributed by atoms with van der Waals surface area (Å²) in [6.07, 6.45) is 27.8. The molecule has 5 amide bonds. The lowest BCUT2D eigenvalue weighted by atomic mass is 9.89. The summed E-state index contributed by atoms with van der Waals surface area (Å²) in [5, 5.41) is 34.1. The summed E-state index contributed by atoms with van der Waals surface area (Å²) in [4.78, 5) is 148. The van der Waals surface area contributed by atoms with Crippen molar-refractivity contribution >= 4 is 91.9 Å². The number of aliphatic hydroxyl groups is 1. The first kappa shape index (κ1) is 95.3. The molecule has 690 valence electrons. The summed E-state index contributed by atoms with van der Waals surface area (Å²) >= 11 is 25.6. The van der Waals surface area contributed by atoms with Crippen molar-refractivity contribution < 1.29 is 57.9 Å². The zero-order valence-corrected chi connectivity index (χ0v) is 78.0. The molecule has 0 atom stereocenters. The minimum atomic E-state index is -0.644. The molecule has 38 heteroatoms. The van der Waals surface area contributed by atoms with Crippen LogP contribution < -0.4 is 78.1 Å². The van der Waals surface area contributed by atoms with Gasteiger partial charge in [0.1, 0.15) is 80.0 Å². The lowest BCUT2D eigenvalue weighted by molar-refractivity contribution is 0.0866. The smallest absolute Gasteiger partial charge is 0.296 e. The fourth-order valence-electron chi connectivity index (χ4n) is 19.2. The standard InChI is InChI=1S/C21H24N2O4.2C17H17ClN4O3.C13H15BrN2O2.C13H16N2O3.C8H10O2.C4H2Cl2N2/c1-14-12-17(27-13-15-6-8-16(26-2)9-7-15)20(25)23-18(14)19(24)22-21(23)10-4-3-5-11-21;2*1-10-9-11(25-12-5-8-19-16(18)20-12)15(24)22-13(10)14(23)21-17(22)6-3-2-4-7-17;1-8-7-9(14)12(18)16-10(8)11(17)15-13(16)5-3-2-4-6-13;1-8-7-9(16)12(18)15-10(8)11(17)14-13(15)5-3-2-4-6-13;1-10-8-4-2-7(6-9)3-5-8;5-3-1-2-7-4(6)8-3/h6-9,12H,3-5,10-11,13H2,1-2H3,(H,22,24);2*5,8-9H,2-4,6-7H2,1H3,(H,21,23);7H,2-6H2,1H3,(H,15,17);7,16H,2-6H2,1H3,(H,14,17);2-5,9H,6H2,1H3;1-2H. The van der Waals surface area contributed by atoms with Crippen LogP contribution in [0.5, 0.6) is 46.3 Å². The Labute approximate surface area is 781 Å². The van der Waals surface area contributed by atoms with E-state index in [0.29, 0.717) is 54.8 Å². The van der Waals surface area contributed by atoms with Crippen LogP contribution in [0.3, 0.4) is 0 Å². The molecule has 10 aromatic rings. The van der Waals surface area contributed by atoms with E-state index in [2.05, 4.69) is 72.4 Å². The molecule has 5 saturated carbocycles. The van der Waals surface area contributed by atoms with Gasteiger partial charge in [0.15, 0.2) is 23.0 Å². The predicted octanol–water partition coefficient (Wildman–Crippen LogP) is 15.1. The number of aliphatic hydroxyl groups excluding tert-OH is 1. The maximum Gasteiger partial charge on any atom is 0.296 e. The highest BCUT2D eigenvalue weighted by molar-refractivity contribution is 9.10. The third-order valence-electron chi connectivity index (χ3n) is 25.3. The van der Waals surface area contributed by atoms with Gasteiger partial charge in [0.05, 0.1) is 25.3 Å². The van der Waals surface area contributed by atoms with E-state index in [1.165, 1.54) is 47.8 Å². The number of nitrogens with zero attached hydrogens (tertiary/aromatic N) is 11. The predicted molar refractivity (Wildman–Crippen MR) is 492 cm³/mol. The molecular formula is C93H101BrCl4N16O17. The van der Waals surface area contributed by atoms with Gasteiger partial charge in [-0.25, -0.2) is 19.9 Å². The largest absolute Gasteiger partial charge is 0.503 e. The molecule has 13 heterocycles. The van der Waals surface area contributed by atoms with E-state index in [-0.39, 0.29) is 116 Å². The minimum Gasteiger partial charge on any atom is -0.503 e. The van der Waals surface area contributed by atoms with E-state index in [1.54, 1.807) is 83.6 Å². The van der Waals surface area contributed by atoms with Crippen molar-refractivity contribution in [1.82, 2.24) is 79.3 Å². The molecule has 0 unspecified atom stereocenters. The van der Waals surface area contributed by atoms with E-state index < -0.39 is 33.9 Å². The number of carbonyl (C=O) groups excluding carboxylic acids is 5. The number of methoxy groups -OCH3 is 2. The number of halogens is 5. The fourth-order valence-corrected chi connectivity index (χ4v) is 20.4. The van der Waals surface area contributed by atoms with Gasteiger partial charge in [0.25, 0.3) is 57.3 Å². The number of nitrogens with one attached hydrogen (secondary N) is 5. The van der Waals surface area contributed by atoms with Gasteiger partial charge in [0.2, 0.25) is 27.6 Å². The summed E-state index contributed by atoms with van der Waals surface area (Å²) in [5.41, 5.74) is 3.29. The lowest BCUT2D eigenvalue weighted by Gasteiger charge is -2.35. The van der Waals surface area contributed by atoms with Crippen LogP contribution in [0, 0.1) is 34.6 Å². The van der Waals surface area contributed by atoms with Crippen molar-refractivity contribution in [3.63, 3.8) is 0 Å². The SMILES string of the molecule is COc1ccc(CO)cc1.COc1ccc(COc2cc(C)c3n(c2=O)C2(CCCCC2)NC3=O)cc1.Cc1cc(Br)c(=O)n2c1C(=O)NC21CCCCC1.Cc1cc(O)c(=O)n2c1C(=O)NC21CCCCC1.Cc1cc(Oc2ccnc(Cl)n2)c(=O)n2c1C(=O)NC21CCCCC1.Cc1cc(Oc2ccnc(Cl)n2)c(=O)n2c1C(=O)NC21CCCCC1.Clc1ccnc(Cl)n1. The van der Waals surface area contributed by atoms with Gasteiger partial charge in [-0.3, -0.25) is 70.8 Å². The Morgan fingerprint density at radius 3 is 0.969 bits per heavy atom. The Morgan fingerprint density at radius 1 is 0.366 bits per heavy atom. The number of aromatic nitrogens is 11. The zero-order valence-electron chi connectivity index (χ0n) is 73.4. The Morgan fingerprint density at radius 2 is 0.656 bits per heavy atom. The second-order valence-corrected chi connectivity index (χ2v) is 36.2. The number of hydrogen-bond acceptors (Lipinski definition) is 23. The van der Waals surface area contributed by atoms with Gasteiger partial charge in [-0.05, 0) is 313 Å². The van der Waals surface area contributed by atoms with Gasteiger partial charge in [-0.2, -0.15) is 9.97 Å². The molecule has 2 aromatic carbocycles. The number of fused-ring (bicyclic) bond motifs is 10. The molecule has 0 bridgehead atoms. The summed E-state index contributed by atoms with van der Waals surface area (Å²) in [6, 6.07) is 27.4. The van der Waals surface area contributed by atoms with Crippen LogP contribution in [-0.2, 0) is 41.5 Å². The molecule has 0 saturated heterocycles. The van der Waals surface area contributed by atoms with Crippen LogP contribution in [0.4, 0.5) is 0 Å². The molecule has 20 rings (SSSR count). The monoisotopic (exact) mass is 1930 g/mol. The van der Waals surface area contributed by atoms with Crippen LogP contribution in [0.1, 0.15) is 252 Å².